The smallest absolute Gasteiger partial charge is 0.250 e. The van der Waals surface area contributed by atoms with Gasteiger partial charge in [0.1, 0.15) is 5.82 Å². The average Bonchev–Trinajstić information content (AvgIpc) is 2.94. The van der Waals surface area contributed by atoms with Crippen LogP contribution in [0.4, 0.5) is 13.2 Å². The van der Waals surface area contributed by atoms with Crippen LogP contribution in [0.2, 0.25) is 0 Å². The van der Waals surface area contributed by atoms with Crippen LogP contribution >= 0.6 is 0 Å². The van der Waals surface area contributed by atoms with E-state index in [-0.39, 0.29) is 51.3 Å². The second-order valence-corrected chi connectivity index (χ2v) is 7.19. The van der Waals surface area contributed by atoms with Gasteiger partial charge in [-0.05, 0) is 18.1 Å². The summed E-state index contributed by atoms with van der Waals surface area (Å²) in [5, 5.41) is 10.7. The van der Waals surface area contributed by atoms with Crippen LogP contribution in [0.15, 0.2) is 24.3 Å². The average molecular weight is 356 g/mol. The molecule has 0 bridgehead atoms. The zero-order valence-electron chi connectivity index (χ0n) is 14.1. The number of likely N-dealkylation sites (tertiary alicyclic amines) is 2. The number of amides is 1. The number of β-amino-alcohol motifs (C(OH)–C–C–N with tert-alkyl or cyclic N) is 1. The van der Waals surface area contributed by atoms with Crippen LogP contribution in [-0.4, -0.2) is 65.1 Å². The van der Waals surface area contributed by atoms with Crippen molar-refractivity contribution >= 4 is 5.91 Å². The highest BCUT2D eigenvalue weighted by atomic mass is 19.3. The van der Waals surface area contributed by atoms with E-state index in [1.54, 1.807) is 18.2 Å². The van der Waals surface area contributed by atoms with E-state index in [4.69, 9.17) is 0 Å². The normalized spacial score (nSPS) is 26.8. The molecule has 1 aromatic carbocycles. The Kier molecular flexibility index (Phi) is 5.06. The molecule has 1 amide bonds. The van der Waals surface area contributed by atoms with Crippen molar-refractivity contribution in [2.45, 2.75) is 37.2 Å². The van der Waals surface area contributed by atoms with E-state index in [1.165, 1.54) is 11.0 Å². The fourth-order valence-electron chi connectivity index (χ4n) is 3.57. The molecule has 25 heavy (non-hydrogen) atoms. The monoisotopic (exact) mass is 356 g/mol. The molecule has 2 aliphatic rings. The van der Waals surface area contributed by atoms with E-state index in [2.05, 4.69) is 0 Å². The molecule has 3 rings (SSSR count). The van der Waals surface area contributed by atoms with Crippen LogP contribution in [-0.2, 0) is 11.2 Å². The first-order valence-electron chi connectivity index (χ1n) is 8.60. The van der Waals surface area contributed by atoms with Crippen molar-refractivity contribution in [3.05, 3.63) is 35.6 Å². The van der Waals surface area contributed by atoms with Gasteiger partial charge in [-0.15, -0.1) is 0 Å². The summed E-state index contributed by atoms with van der Waals surface area (Å²) in [6.45, 7) is 1.34. The molecule has 0 spiro atoms. The molecule has 1 N–H and O–H groups in total. The minimum absolute atomic E-state index is 0.0430. The molecular weight excluding hydrogens is 333 g/mol. The highest BCUT2D eigenvalue weighted by Crippen LogP contribution is 2.30. The van der Waals surface area contributed by atoms with Crippen LogP contribution in [0.5, 0.6) is 0 Å². The van der Waals surface area contributed by atoms with Crippen molar-refractivity contribution in [1.29, 1.82) is 0 Å². The van der Waals surface area contributed by atoms with Crippen LogP contribution in [0.3, 0.4) is 0 Å². The van der Waals surface area contributed by atoms with Crippen molar-refractivity contribution in [3.63, 3.8) is 0 Å². The number of aliphatic hydroxyl groups is 1. The number of carbonyl (C=O) groups excluding carboxylic acids is 1. The van der Waals surface area contributed by atoms with Gasteiger partial charge in [-0.2, -0.15) is 0 Å². The zero-order chi connectivity index (χ0) is 18.1. The van der Waals surface area contributed by atoms with E-state index in [9.17, 15) is 23.1 Å². The Morgan fingerprint density at radius 2 is 1.80 bits per heavy atom. The Labute approximate surface area is 145 Å². The number of nitrogens with zero attached hydrogens (tertiary/aromatic N) is 2. The molecule has 138 valence electrons. The lowest BCUT2D eigenvalue weighted by atomic mass is 10.00. The number of benzene rings is 1. The van der Waals surface area contributed by atoms with Crippen molar-refractivity contribution in [2.24, 2.45) is 0 Å². The van der Waals surface area contributed by atoms with Crippen molar-refractivity contribution in [2.75, 3.05) is 32.7 Å². The molecule has 0 aliphatic carbocycles. The molecule has 1 atom stereocenters. The van der Waals surface area contributed by atoms with Crippen molar-refractivity contribution in [3.8, 4) is 0 Å². The molecule has 1 unspecified atom stereocenters. The molecule has 2 saturated heterocycles. The van der Waals surface area contributed by atoms with Gasteiger partial charge < -0.3 is 10.0 Å². The third-order valence-corrected chi connectivity index (χ3v) is 5.09. The van der Waals surface area contributed by atoms with Crippen molar-refractivity contribution < 1.29 is 23.1 Å². The van der Waals surface area contributed by atoms with E-state index in [0.29, 0.717) is 18.5 Å². The minimum atomic E-state index is -2.61. The largest absolute Gasteiger partial charge is 0.387 e. The predicted molar refractivity (Wildman–Crippen MR) is 86.9 cm³/mol. The van der Waals surface area contributed by atoms with E-state index >= 15 is 0 Å². The minimum Gasteiger partial charge on any atom is -0.387 e. The maximum absolute atomic E-state index is 13.7. The zero-order valence-corrected chi connectivity index (χ0v) is 14.1. The highest BCUT2D eigenvalue weighted by molar-refractivity contribution is 5.79. The molecular formula is C18H23F3N2O2. The Hall–Kier alpha value is -1.60. The fraction of sp³-hybridized carbons (Fsp3) is 0.611. The number of hydrogen-bond donors (Lipinski definition) is 1. The molecule has 1 aromatic rings. The van der Waals surface area contributed by atoms with Crippen LogP contribution < -0.4 is 0 Å². The Balaban J connectivity index is 1.53. The number of halogens is 3. The third-order valence-electron chi connectivity index (χ3n) is 5.09. The van der Waals surface area contributed by atoms with Gasteiger partial charge in [0, 0.05) is 39.0 Å². The first kappa shape index (κ1) is 18.2. The number of rotatable bonds is 4. The molecule has 0 radical (unpaired) electrons. The molecule has 7 heteroatoms. The van der Waals surface area contributed by atoms with Crippen LogP contribution in [0.1, 0.15) is 24.8 Å². The quantitative estimate of drug-likeness (QED) is 0.898. The third kappa shape index (κ3) is 4.52. The highest BCUT2D eigenvalue weighted by Gasteiger charge is 2.42. The molecule has 0 saturated carbocycles. The Morgan fingerprint density at radius 3 is 2.48 bits per heavy atom. The van der Waals surface area contributed by atoms with Gasteiger partial charge in [-0.1, -0.05) is 18.2 Å². The number of carbonyl (C=O) groups is 1. The van der Waals surface area contributed by atoms with Gasteiger partial charge in [0.2, 0.25) is 5.91 Å². The number of hydrogen-bond acceptors (Lipinski definition) is 3. The van der Waals surface area contributed by atoms with Gasteiger partial charge in [0.25, 0.3) is 5.92 Å². The predicted octanol–water partition coefficient (Wildman–Crippen LogP) is 2.06. The summed E-state index contributed by atoms with van der Waals surface area (Å²) >= 11 is 0. The summed E-state index contributed by atoms with van der Waals surface area (Å²) in [6, 6.07) is 6.14. The summed E-state index contributed by atoms with van der Waals surface area (Å²) in [5.41, 5.74) is -0.751. The molecule has 2 aliphatic heterocycles. The topological polar surface area (TPSA) is 43.8 Å². The van der Waals surface area contributed by atoms with Gasteiger partial charge in [0.15, 0.2) is 0 Å². The maximum Gasteiger partial charge on any atom is 0.250 e. The second kappa shape index (κ2) is 6.96. The lowest BCUT2D eigenvalue weighted by molar-refractivity contribution is -0.130. The van der Waals surface area contributed by atoms with Crippen LogP contribution in [0.25, 0.3) is 0 Å². The van der Waals surface area contributed by atoms with E-state index in [0.717, 1.165) is 0 Å². The fourth-order valence-corrected chi connectivity index (χ4v) is 3.57. The van der Waals surface area contributed by atoms with Crippen molar-refractivity contribution in [1.82, 2.24) is 9.80 Å². The summed E-state index contributed by atoms with van der Waals surface area (Å²) in [7, 11) is 0. The number of piperidine rings is 1. The summed E-state index contributed by atoms with van der Waals surface area (Å²) in [4.78, 5) is 15.7. The summed E-state index contributed by atoms with van der Waals surface area (Å²) < 4.78 is 40.1. The van der Waals surface area contributed by atoms with Gasteiger partial charge in [-0.25, -0.2) is 13.2 Å². The lowest BCUT2D eigenvalue weighted by Crippen LogP contribution is -2.49. The van der Waals surface area contributed by atoms with Gasteiger partial charge >= 0.3 is 0 Å². The number of alkyl halides is 2. The second-order valence-electron chi connectivity index (χ2n) is 7.19. The maximum atomic E-state index is 13.7. The lowest BCUT2D eigenvalue weighted by Gasteiger charge is -2.36. The molecule has 0 aromatic heterocycles. The summed E-state index contributed by atoms with van der Waals surface area (Å²) in [6.07, 6.45) is -0.0282. The summed E-state index contributed by atoms with van der Waals surface area (Å²) in [5.74, 6) is -3.26. The van der Waals surface area contributed by atoms with Crippen LogP contribution in [0, 0.1) is 5.82 Å². The van der Waals surface area contributed by atoms with Gasteiger partial charge in [-0.3, -0.25) is 9.69 Å². The standard InChI is InChI=1S/C18H23F3N2O2/c19-15-4-2-1-3-14(15)11-16(24)23-10-5-17(25,13-23)12-22-8-6-18(20,21)7-9-22/h1-4,25H,5-13H2. The first-order valence-corrected chi connectivity index (χ1v) is 8.60. The van der Waals surface area contributed by atoms with E-state index in [1.807, 2.05) is 4.90 Å². The Bertz CT molecular complexity index is 631. The van der Waals surface area contributed by atoms with Gasteiger partial charge in [0.05, 0.1) is 18.6 Å². The molecule has 4 nitrogen and oxygen atoms in total. The first-order chi connectivity index (χ1) is 11.8. The molecule has 2 fully saturated rings. The SMILES string of the molecule is O=C(Cc1ccccc1F)N1CCC(O)(CN2CCC(F)(F)CC2)C1. The van der Waals surface area contributed by atoms with E-state index < -0.39 is 17.3 Å². The Morgan fingerprint density at radius 1 is 1.12 bits per heavy atom. The molecule has 2 heterocycles.